The van der Waals surface area contributed by atoms with Crippen LogP contribution in [0.2, 0.25) is 0 Å². The van der Waals surface area contributed by atoms with Gasteiger partial charge >= 0.3 is 5.69 Å². The number of rotatable bonds is 7. The van der Waals surface area contributed by atoms with Gasteiger partial charge in [-0.2, -0.15) is 10.4 Å². The lowest BCUT2D eigenvalue weighted by molar-refractivity contribution is -0.127. The van der Waals surface area contributed by atoms with Crippen molar-refractivity contribution in [2.75, 3.05) is 18.0 Å². The van der Waals surface area contributed by atoms with Gasteiger partial charge in [0.25, 0.3) is 0 Å². The van der Waals surface area contributed by atoms with Crippen LogP contribution < -0.4 is 10.6 Å². The van der Waals surface area contributed by atoms with Gasteiger partial charge in [0, 0.05) is 36.9 Å². The molecule has 0 spiro atoms. The van der Waals surface area contributed by atoms with Gasteiger partial charge in [0.15, 0.2) is 11.5 Å². The molecule has 4 heterocycles. The fourth-order valence-electron chi connectivity index (χ4n) is 6.44. The van der Waals surface area contributed by atoms with E-state index >= 15 is 8.78 Å². The maximum absolute atomic E-state index is 16.4. The van der Waals surface area contributed by atoms with Crippen molar-refractivity contribution in [3.8, 4) is 16.9 Å². The highest BCUT2D eigenvalue weighted by atomic mass is 19.1. The molecule has 0 N–H and O–H groups in total. The fraction of sp³-hybridized carbons (Fsp3) is 0.343. The molecule has 1 aliphatic heterocycles. The summed E-state index contributed by atoms with van der Waals surface area (Å²) in [6.07, 6.45) is 4.29. The molecule has 1 fully saturated rings. The van der Waals surface area contributed by atoms with E-state index in [0.29, 0.717) is 24.5 Å². The molecule has 0 saturated carbocycles. The minimum Gasteiger partial charge on any atom is -0.347 e. The van der Waals surface area contributed by atoms with Crippen LogP contribution in [0.5, 0.6) is 0 Å². The maximum Gasteiger partial charge on any atom is 0.355 e. The van der Waals surface area contributed by atoms with Crippen LogP contribution >= 0.6 is 0 Å². The van der Waals surface area contributed by atoms with Gasteiger partial charge in [0.1, 0.15) is 17.3 Å². The van der Waals surface area contributed by atoms with Crippen LogP contribution in [-0.4, -0.2) is 71.2 Å². The summed E-state index contributed by atoms with van der Waals surface area (Å²) in [5.41, 5.74) is 1.11. The van der Waals surface area contributed by atoms with Crippen LogP contribution in [0.4, 0.5) is 14.6 Å². The predicted octanol–water partition coefficient (Wildman–Crippen LogP) is 5.61. The molecule has 2 atom stereocenters. The molecular weight excluding hydrogens is 596 g/mol. The van der Waals surface area contributed by atoms with Crippen LogP contribution in [0.1, 0.15) is 70.2 Å². The number of aromatic nitrogens is 4. The number of nitrogens with zero attached hydrogens (tertiary/aromatic N) is 6. The van der Waals surface area contributed by atoms with E-state index in [-0.39, 0.29) is 68.9 Å². The van der Waals surface area contributed by atoms with Gasteiger partial charge in [-0.05, 0) is 61.1 Å². The molecule has 0 bridgehead atoms. The Bertz CT molecular complexity index is 1930. The van der Waals surface area contributed by atoms with Crippen molar-refractivity contribution >= 4 is 44.5 Å². The lowest BCUT2D eigenvalue weighted by Gasteiger charge is -2.45. The molecule has 0 aliphatic carbocycles. The molecule has 12 heteroatoms. The molecule has 0 unspecified atom stereocenters. The van der Waals surface area contributed by atoms with E-state index in [0.717, 1.165) is 5.56 Å². The van der Waals surface area contributed by atoms with Gasteiger partial charge in [-0.15, -0.1) is 0 Å². The molecule has 5 rings (SSSR count). The largest absolute Gasteiger partial charge is 0.355 e. The van der Waals surface area contributed by atoms with E-state index in [1.165, 1.54) is 34.9 Å². The monoisotopic (exact) mass is 632 g/mol. The predicted molar refractivity (Wildman–Crippen MR) is 184 cm³/mol. The molecule has 1 aliphatic rings. The van der Waals surface area contributed by atoms with Crippen molar-refractivity contribution in [2.24, 2.45) is 0 Å². The van der Waals surface area contributed by atoms with E-state index < -0.39 is 17.3 Å². The number of hydrogen-bond donors (Lipinski definition) is 0. The zero-order valence-corrected chi connectivity index (χ0v) is 27.5. The van der Waals surface area contributed by atoms with Crippen molar-refractivity contribution in [1.82, 2.24) is 24.4 Å². The van der Waals surface area contributed by atoms with E-state index in [2.05, 4.69) is 16.5 Å². The highest BCUT2D eigenvalue weighted by Gasteiger charge is 2.35. The van der Waals surface area contributed by atoms with Crippen LogP contribution in [0.25, 0.3) is 34.1 Å². The summed E-state index contributed by atoms with van der Waals surface area (Å²) in [6, 6.07) is 6.68. The summed E-state index contributed by atoms with van der Waals surface area (Å²) in [5, 5.41) is 0.144. The zero-order chi connectivity index (χ0) is 34.3. The Morgan fingerprint density at radius 3 is 2.30 bits per heavy atom. The second-order valence-electron chi connectivity index (χ2n) is 12.6. The number of amides is 1. The number of carbonyl (C=O) groups excluding carboxylic acids is 1. The third-order valence-electron chi connectivity index (χ3n) is 8.43. The Labute approximate surface area is 276 Å². The number of benzene rings is 1. The first-order chi connectivity index (χ1) is 22.2. The van der Waals surface area contributed by atoms with Crippen LogP contribution in [0.3, 0.4) is 0 Å². The average molecular weight is 632 g/mol. The Morgan fingerprint density at radius 2 is 1.70 bits per heavy atom. The van der Waals surface area contributed by atoms with Crippen molar-refractivity contribution in [1.29, 1.82) is 0 Å². The lowest BCUT2D eigenvalue weighted by Crippen LogP contribution is -2.58. The zero-order valence-electron chi connectivity index (χ0n) is 27.5. The number of carbonyl (C=O) groups is 1. The van der Waals surface area contributed by atoms with Crippen molar-refractivity contribution < 1.29 is 13.6 Å². The van der Waals surface area contributed by atoms with E-state index in [4.69, 9.17) is 20.7 Å². The second kappa shape index (κ2) is 13.3. The van der Waals surface area contributed by atoms with E-state index in [9.17, 15) is 9.59 Å². The molecule has 8 nitrogen and oxygen atoms in total. The highest BCUT2D eigenvalue weighted by molar-refractivity contribution is 6.50. The minimum atomic E-state index is -0.832. The Morgan fingerprint density at radius 1 is 1.02 bits per heavy atom. The van der Waals surface area contributed by atoms with Crippen LogP contribution in [-0.2, 0) is 4.79 Å². The van der Waals surface area contributed by atoms with Crippen molar-refractivity contribution in [3.63, 3.8) is 0 Å². The Kier molecular flexibility index (Phi) is 9.52. The SMILES string of the molecule is [B]C([B])=Cc1cccc(F)c1-c1nc2c(cc1F)c(N1[C@@H](C)CN(C(=O)C=C)C[C@@H]1C)nc(=O)n2-c1c(C(C)C)ccnc1C(C)C. The van der Waals surface area contributed by atoms with Crippen molar-refractivity contribution in [3.05, 3.63) is 93.5 Å². The third kappa shape index (κ3) is 6.25. The molecule has 47 heavy (non-hydrogen) atoms. The number of piperazine rings is 1. The number of halogens is 2. The molecule has 4 radical (unpaired) electrons. The van der Waals surface area contributed by atoms with Gasteiger partial charge in [-0.25, -0.2) is 23.1 Å². The highest BCUT2D eigenvalue weighted by Crippen LogP contribution is 2.37. The third-order valence-corrected chi connectivity index (χ3v) is 8.43. The molecule has 1 aromatic carbocycles. The van der Waals surface area contributed by atoms with Gasteiger partial charge in [0.2, 0.25) is 5.91 Å². The van der Waals surface area contributed by atoms with E-state index in [1.807, 2.05) is 52.5 Å². The second-order valence-corrected chi connectivity index (χ2v) is 12.6. The molecule has 1 saturated heterocycles. The van der Waals surface area contributed by atoms with Crippen LogP contribution in [0, 0.1) is 11.6 Å². The number of fused-ring (bicyclic) bond motifs is 1. The van der Waals surface area contributed by atoms with Gasteiger partial charge in [-0.1, -0.05) is 52.5 Å². The summed E-state index contributed by atoms with van der Waals surface area (Å²) < 4.78 is 33.3. The Balaban J connectivity index is 1.91. The molecule has 3 aromatic heterocycles. The average Bonchev–Trinajstić information content (AvgIpc) is 3.00. The molecule has 238 valence electrons. The topological polar surface area (TPSA) is 84.2 Å². The summed E-state index contributed by atoms with van der Waals surface area (Å²) in [5.74, 6) is -1.70. The van der Waals surface area contributed by atoms with E-state index in [1.54, 1.807) is 17.2 Å². The summed E-state index contributed by atoms with van der Waals surface area (Å²) in [6.45, 7) is 16.0. The summed E-state index contributed by atoms with van der Waals surface area (Å²) in [4.78, 5) is 44.4. The van der Waals surface area contributed by atoms with Gasteiger partial charge < -0.3 is 9.80 Å². The van der Waals surface area contributed by atoms with Crippen molar-refractivity contribution in [2.45, 2.75) is 65.5 Å². The normalized spacial score (nSPS) is 16.6. The number of pyridine rings is 2. The maximum atomic E-state index is 16.4. The van der Waals surface area contributed by atoms with Gasteiger partial charge in [-0.3, -0.25) is 9.78 Å². The lowest BCUT2D eigenvalue weighted by atomic mass is 9.77. The fourth-order valence-corrected chi connectivity index (χ4v) is 6.44. The molecule has 1 amide bonds. The number of anilines is 1. The minimum absolute atomic E-state index is 0.0293. The number of hydrogen-bond acceptors (Lipinski definition) is 6. The first-order valence-electron chi connectivity index (χ1n) is 15.6. The Hall–Kier alpha value is -4.60. The first-order valence-corrected chi connectivity index (χ1v) is 15.6. The van der Waals surface area contributed by atoms with Crippen LogP contribution in [0.15, 0.2) is 59.3 Å². The molecular formula is C35H36B2F2N6O2. The standard InChI is InChI=1S/C35H36B2F2N6O2/c1-8-28(46)43-16-20(6)44(21(7)17-43)34-24-15-26(39)31(29-22(14-27(36)37)10-9-11-25(29)38)41-33(24)45(35(47)42-34)32-23(18(2)3)12-13-40-30(32)19(4)5/h8-15,18-21H,1,16-17H2,2-7H3/t20-,21-/m0/s1. The summed E-state index contributed by atoms with van der Waals surface area (Å²) >= 11 is 0. The first kappa shape index (κ1) is 33.8. The molecule has 4 aromatic rings. The smallest absolute Gasteiger partial charge is 0.347 e. The van der Waals surface area contributed by atoms with Gasteiger partial charge in [0.05, 0.1) is 32.5 Å². The quantitative estimate of drug-likeness (QED) is 0.195. The summed E-state index contributed by atoms with van der Waals surface area (Å²) in [7, 11) is 11.5.